The number of hydrogen-bond donors (Lipinski definition) is 2. The quantitative estimate of drug-likeness (QED) is 0.864. The van der Waals surface area contributed by atoms with E-state index in [4.69, 9.17) is 11.6 Å². The summed E-state index contributed by atoms with van der Waals surface area (Å²) in [6.45, 7) is 8.50. The highest BCUT2D eigenvalue weighted by molar-refractivity contribution is 6.30. The van der Waals surface area contributed by atoms with Crippen molar-refractivity contribution >= 4 is 17.5 Å². The first-order chi connectivity index (χ1) is 8.18. The Bertz CT molecular complexity index is 495. The summed E-state index contributed by atoms with van der Waals surface area (Å²) in [6.07, 6.45) is 0. The topological polar surface area (TPSA) is 49.3 Å². The predicted molar refractivity (Wildman–Crippen MR) is 71.9 cm³/mol. The van der Waals surface area contributed by atoms with Gasteiger partial charge in [0.25, 0.3) is 5.91 Å². The van der Waals surface area contributed by atoms with Crippen LogP contribution in [0.4, 0.5) is 0 Å². The predicted octanol–water partition coefficient (Wildman–Crippen LogP) is 3.21. The molecule has 1 saturated carbocycles. The van der Waals surface area contributed by atoms with Crippen LogP contribution in [0.25, 0.3) is 0 Å². The Balaban J connectivity index is 2.15. The van der Waals surface area contributed by atoms with Crippen LogP contribution in [0.2, 0.25) is 5.02 Å². The number of phenolic OH excluding ortho intramolecular Hbond substituents is 1. The lowest BCUT2D eigenvalue weighted by Crippen LogP contribution is -2.29. The molecule has 1 aliphatic carbocycles. The smallest absolute Gasteiger partial charge is 0.255 e. The first-order valence-electron chi connectivity index (χ1n) is 5.97. The summed E-state index contributed by atoms with van der Waals surface area (Å²) in [4.78, 5) is 12.1. The van der Waals surface area contributed by atoms with Crippen LogP contribution in [0, 0.1) is 10.8 Å². The van der Waals surface area contributed by atoms with Gasteiger partial charge in [0.1, 0.15) is 5.75 Å². The van der Waals surface area contributed by atoms with Gasteiger partial charge in [0.2, 0.25) is 0 Å². The van der Waals surface area contributed by atoms with E-state index in [-0.39, 0.29) is 34.1 Å². The summed E-state index contributed by atoms with van der Waals surface area (Å²) >= 11 is 5.74. The summed E-state index contributed by atoms with van der Waals surface area (Å²) < 4.78 is 0. The molecule has 0 saturated heterocycles. The van der Waals surface area contributed by atoms with Crippen LogP contribution in [0.5, 0.6) is 5.75 Å². The Morgan fingerprint density at radius 3 is 2.28 bits per heavy atom. The molecule has 4 heteroatoms. The second-order valence-electron chi connectivity index (χ2n) is 6.01. The molecule has 0 aromatic heterocycles. The maximum Gasteiger partial charge on any atom is 0.255 e. The van der Waals surface area contributed by atoms with E-state index in [2.05, 4.69) is 33.0 Å². The molecule has 2 N–H and O–H groups in total. The number of halogens is 1. The number of amides is 1. The summed E-state index contributed by atoms with van der Waals surface area (Å²) in [5.74, 6) is -0.343. The lowest BCUT2D eigenvalue weighted by Gasteiger charge is -2.08. The average Bonchev–Trinajstić information content (AvgIpc) is 2.60. The van der Waals surface area contributed by atoms with E-state index in [1.165, 1.54) is 12.1 Å². The van der Waals surface area contributed by atoms with Gasteiger partial charge in [-0.3, -0.25) is 4.79 Å². The molecule has 1 amide bonds. The number of hydrogen-bond acceptors (Lipinski definition) is 2. The zero-order valence-corrected chi connectivity index (χ0v) is 11.8. The number of carbonyl (C=O) groups is 1. The molecule has 0 spiro atoms. The lowest BCUT2D eigenvalue weighted by atomic mass is 10.0. The summed E-state index contributed by atoms with van der Waals surface area (Å²) in [5, 5.41) is 13.1. The second-order valence-corrected chi connectivity index (χ2v) is 6.45. The summed E-state index contributed by atoms with van der Waals surface area (Å²) in [5.41, 5.74) is 0.410. The van der Waals surface area contributed by atoms with Crippen molar-refractivity contribution < 1.29 is 9.90 Å². The number of rotatable bonds is 2. The van der Waals surface area contributed by atoms with Crippen molar-refractivity contribution in [2.45, 2.75) is 33.7 Å². The Morgan fingerprint density at radius 1 is 1.28 bits per heavy atom. The van der Waals surface area contributed by atoms with Crippen molar-refractivity contribution in [2.75, 3.05) is 0 Å². The van der Waals surface area contributed by atoms with Crippen molar-refractivity contribution in [3.63, 3.8) is 0 Å². The van der Waals surface area contributed by atoms with Gasteiger partial charge >= 0.3 is 0 Å². The van der Waals surface area contributed by atoms with Crippen LogP contribution in [0.1, 0.15) is 38.1 Å². The molecule has 18 heavy (non-hydrogen) atoms. The molecule has 98 valence electrons. The van der Waals surface area contributed by atoms with Crippen molar-refractivity contribution in [3.8, 4) is 5.75 Å². The molecule has 0 heterocycles. The zero-order chi connectivity index (χ0) is 13.7. The highest BCUT2D eigenvalue weighted by Crippen LogP contribution is 2.62. The Morgan fingerprint density at radius 2 is 1.83 bits per heavy atom. The Hall–Kier alpha value is -1.22. The molecule has 2 rings (SSSR count). The molecule has 3 nitrogen and oxygen atoms in total. The van der Waals surface area contributed by atoms with E-state index < -0.39 is 0 Å². The second kappa shape index (κ2) is 3.89. The van der Waals surface area contributed by atoms with Crippen LogP contribution >= 0.6 is 11.6 Å². The van der Waals surface area contributed by atoms with Crippen LogP contribution < -0.4 is 5.32 Å². The van der Waals surface area contributed by atoms with Crippen molar-refractivity contribution in [1.82, 2.24) is 5.32 Å². The molecule has 1 aromatic rings. The summed E-state index contributed by atoms with van der Waals surface area (Å²) in [7, 11) is 0. The third-order valence-corrected chi connectivity index (χ3v) is 4.74. The van der Waals surface area contributed by atoms with E-state index in [1.807, 2.05) is 0 Å². The maximum absolute atomic E-state index is 12.1. The van der Waals surface area contributed by atoms with Gasteiger partial charge in [-0.25, -0.2) is 0 Å². The highest BCUT2D eigenvalue weighted by Gasteiger charge is 2.65. The lowest BCUT2D eigenvalue weighted by molar-refractivity contribution is 0.0941. The van der Waals surface area contributed by atoms with Gasteiger partial charge in [-0.1, -0.05) is 39.3 Å². The minimum Gasteiger partial charge on any atom is -0.507 e. The van der Waals surface area contributed by atoms with Crippen molar-refractivity contribution in [2.24, 2.45) is 10.8 Å². The maximum atomic E-state index is 12.1. The Kier molecular flexibility index (Phi) is 2.85. The van der Waals surface area contributed by atoms with Gasteiger partial charge in [0.15, 0.2) is 0 Å². The third kappa shape index (κ3) is 1.87. The van der Waals surface area contributed by atoms with E-state index in [0.29, 0.717) is 5.02 Å². The van der Waals surface area contributed by atoms with Gasteiger partial charge in [0, 0.05) is 11.1 Å². The monoisotopic (exact) mass is 267 g/mol. The van der Waals surface area contributed by atoms with E-state index in [9.17, 15) is 9.90 Å². The van der Waals surface area contributed by atoms with E-state index in [0.717, 1.165) is 0 Å². The van der Waals surface area contributed by atoms with E-state index in [1.54, 1.807) is 6.07 Å². The molecule has 0 radical (unpaired) electrons. The fourth-order valence-electron chi connectivity index (χ4n) is 2.46. The standard InChI is InChI=1S/C14H18ClNO2/c1-13(2)12(14(13,3)4)16-11(18)9-6-5-8(15)7-10(9)17/h5-7,12,17H,1-4H3,(H,16,18). The normalized spacial score (nSPS) is 20.5. The molecule has 0 atom stereocenters. The number of phenols is 1. The van der Waals surface area contributed by atoms with Gasteiger partial charge in [0.05, 0.1) is 5.56 Å². The molecule has 1 aliphatic rings. The van der Waals surface area contributed by atoms with Crippen molar-refractivity contribution in [1.29, 1.82) is 0 Å². The molecular weight excluding hydrogens is 250 g/mol. The van der Waals surface area contributed by atoms with Gasteiger partial charge in [-0.2, -0.15) is 0 Å². The average molecular weight is 268 g/mol. The first kappa shape index (κ1) is 13.2. The van der Waals surface area contributed by atoms with Crippen LogP contribution in [-0.4, -0.2) is 17.1 Å². The first-order valence-corrected chi connectivity index (χ1v) is 6.35. The Labute approximate surface area is 112 Å². The van der Waals surface area contributed by atoms with E-state index >= 15 is 0 Å². The van der Waals surface area contributed by atoms with Crippen LogP contribution in [0.3, 0.4) is 0 Å². The van der Waals surface area contributed by atoms with Gasteiger partial charge in [-0.15, -0.1) is 0 Å². The van der Waals surface area contributed by atoms with Crippen LogP contribution in [0.15, 0.2) is 18.2 Å². The molecule has 0 aliphatic heterocycles. The van der Waals surface area contributed by atoms with Crippen molar-refractivity contribution in [3.05, 3.63) is 28.8 Å². The number of nitrogens with one attached hydrogen (secondary N) is 1. The SMILES string of the molecule is CC1(C)C(NC(=O)c2ccc(Cl)cc2O)C1(C)C. The highest BCUT2D eigenvalue weighted by atomic mass is 35.5. The molecular formula is C14H18ClNO2. The molecule has 0 unspecified atom stereocenters. The summed E-state index contributed by atoms with van der Waals surface area (Å²) in [6, 6.07) is 4.63. The largest absolute Gasteiger partial charge is 0.507 e. The fourth-order valence-corrected chi connectivity index (χ4v) is 2.63. The fraction of sp³-hybridized carbons (Fsp3) is 0.500. The minimum atomic E-state index is -0.257. The van der Waals surface area contributed by atoms with Crippen LogP contribution in [-0.2, 0) is 0 Å². The minimum absolute atomic E-state index is 0.0741. The molecule has 0 bridgehead atoms. The van der Waals surface area contributed by atoms with Gasteiger partial charge in [-0.05, 0) is 29.0 Å². The number of aromatic hydroxyl groups is 1. The number of benzene rings is 1. The molecule has 1 aromatic carbocycles. The third-order valence-electron chi connectivity index (χ3n) is 4.50. The molecule has 1 fully saturated rings. The zero-order valence-electron chi connectivity index (χ0n) is 11.0. The number of carbonyl (C=O) groups excluding carboxylic acids is 1. The van der Waals surface area contributed by atoms with Gasteiger partial charge < -0.3 is 10.4 Å².